The number of nitrogens with zero attached hydrogens (tertiary/aromatic N) is 3. The molecule has 52 heavy (non-hydrogen) atoms. The van der Waals surface area contributed by atoms with E-state index in [4.69, 9.17) is 24.4 Å². The van der Waals surface area contributed by atoms with Crippen molar-refractivity contribution in [2.24, 2.45) is 17.8 Å². The average molecular weight is 714 g/mol. The van der Waals surface area contributed by atoms with Gasteiger partial charge in [-0.1, -0.05) is 85.9 Å². The van der Waals surface area contributed by atoms with Crippen molar-refractivity contribution in [1.82, 2.24) is 20.3 Å². The molecule has 1 fully saturated rings. The molecule has 0 spiro atoms. The van der Waals surface area contributed by atoms with Crippen LogP contribution in [0.5, 0.6) is 0 Å². The molecular formula is C42H49MgN4O5-. The first-order valence-corrected chi connectivity index (χ1v) is 18.1. The second-order valence-electron chi connectivity index (χ2n) is 14.1. The van der Waals surface area contributed by atoms with E-state index in [0.717, 1.165) is 74.9 Å². The Morgan fingerprint density at radius 2 is 1.69 bits per heavy atom. The van der Waals surface area contributed by atoms with Crippen LogP contribution in [0.2, 0.25) is 0 Å². The molecule has 0 saturated carbocycles. The van der Waals surface area contributed by atoms with Crippen LogP contribution in [0, 0.1) is 38.5 Å². The normalized spacial score (nSPS) is 22.7. The number of hydrogen-bond donors (Lipinski definition) is 2. The number of aromatic nitrogens is 3. The van der Waals surface area contributed by atoms with Gasteiger partial charge in [-0.3, -0.25) is 9.59 Å². The summed E-state index contributed by atoms with van der Waals surface area (Å²) in [6.07, 6.45) is 13.3. The minimum absolute atomic E-state index is 0. The zero-order valence-electron chi connectivity index (χ0n) is 31.8. The molecule has 0 radical (unpaired) electrons. The van der Waals surface area contributed by atoms with Crippen molar-refractivity contribution in [1.29, 1.82) is 0 Å². The number of allylic oxidation sites excluding steroid dienone is 2. The van der Waals surface area contributed by atoms with Crippen molar-refractivity contribution in [3.8, 4) is 0 Å². The van der Waals surface area contributed by atoms with Gasteiger partial charge in [0.15, 0.2) is 0 Å². The fourth-order valence-corrected chi connectivity index (χ4v) is 8.16. The van der Waals surface area contributed by atoms with E-state index in [1.165, 1.54) is 12.7 Å². The Balaban J connectivity index is 0.00000523. The van der Waals surface area contributed by atoms with Gasteiger partial charge in [-0.2, -0.15) is 0 Å². The molecule has 2 N–H and O–H groups in total. The van der Waals surface area contributed by atoms with Crippen molar-refractivity contribution in [3.05, 3.63) is 90.1 Å². The smallest absolute Gasteiger partial charge is 0.657 e. The molecule has 1 saturated heterocycles. The Bertz CT molecular complexity index is 2230. The van der Waals surface area contributed by atoms with Gasteiger partial charge in [-0.15, -0.1) is 33.1 Å². The van der Waals surface area contributed by atoms with Crippen LogP contribution in [-0.4, -0.2) is 59.9 Å². The number of carbonyl (C=O) groups is 2. The van der Waals surface area contributed by atoms with E-state index in [9.17, 15) is 14.7 Å². The topological polar surface area (TPSA) is 127 Å². The van der Waals surface area contributed by atoms with Crippen molar-refractivity contribution in [3.63, 3.8) is 0 Å². The quantitative estimate of drug-likeness (QED) is 0.185. The third kappa shape index (κ3) is 6.87. The standard InChI is InChI=1S/C42H49N4O5.Mg/c1-10-13-21(4)16-17-51-35(47)15-14-28-24(7)31-18-29-22(5)26(11-2)33(43-29)19-30-23(6)27(12-3)34(44-30)20-32-25(8)36-40(46-32)37(39(28)45-31)38(41(36)48)42(49)50-9;/h11,16,18-20,24,28,38-39,45,48H,2,10,12-15,17H2,1,3-9H3;/q-3;+2/b21-16+,30-19-,31-18-,34-20-;/t24-,28-,38+,39?;/m0./s1. The molecule has 3 aromatic rings. The number of ether oxygens (including phenoxy) is 2. The van der Waals surface area contributed by atoms with E-state index in [-0.39, 0.29) is 59.6 Å². The molecule has 270 valence electrons. The molecule has 3 aliphatic rings. The van der Waals surface area contributed by atoms with E-state index < -0.39 is 17.9 Å². The van der Waals surface area contributed by atoms with Gasteiger partial charge < -0.3 is 34.8 Å². The van der Waals surface area contributed by atoms with Gasteiger partial charge in [0, 0.05) is 23.3 Å². The Labute approximate surface area is 321 Å². The molecule has 4 atom stereocenters. The molecule has 3 aromatic heterocycles. The maximum atomic E-state index is 13.5. The maximum absolute atomic E-state index is 13.5. The monoisotopic (exact) mass is 713 g/mol. The molecule has 8 bridgehead atoms. The number of methoxy groups -OCH3 is 1. The summed E-state index contributed by atoms with van der Waals surface area (Å²) >= 11 is 0. The van der Waals surface area contributed by atoms with Crippen LogP contribution >= 0.6 is 0 Å². The summed E-state index contributed by atoms with van der Waals surface area (Å²) < 4.78 is 10.9. The maximum Gasteiger partial charge on any atom is 2.00 e. The predicted octanol–water partition coefficient (Wildman–Crippen LogP) is 3.23. The number of aliphatic hydroxyl groups excluding tert-OH is 1. The van der Waals surface area contributed by atoms with Crippen molar-refractivity contribution >= 4 is 70.6 Å². The minimum atomic E-state index is -1.03. The van der Waals surface area contributed by atoms with Crippen LogP contribution in [-0.2, 0) is 25.5 Å². The van der Waals surface area contributed by atoms with E-state index in [1.54, 1.807) is 0 Å². The Hall–Kier alpha value is -4.15. The SMILES string of the molecule is C=Cc1c2[n-]c(c1C)/C=C1\NC(C3=c4[n-]c(c(C)c4=C(O)[C@@H]3C(=O)OC)/C=c3\[n-]/c(c(C)c3CC)=C\2)[C@@H](CCC(=O)OC/C=C(\C)CCC)[C@@H]1C.[Mg+2]. The van der Waals surface area contributed by atoms with Crippen LogP contribution in [0.3, 0.4) is 0 Å². The largest absolute Gasteiger partial charge is 2.00 e. The zero-order chi connectivity index (χ0) is 36.7. The summed E-state index contributed by atoms with van der Waals surface area (Å²) in [5.41, 5.74) is 9.95. The average Bonchev–Trinajstić information content (AvgIpc) is 3.84. The minimum Gasteiger partial charge on any atom is -0.657 e. The van der Waals surface area contributed by atoms with E-state index in [2.05, 4.69) is 45.7 Å². The summed E-state index contributed by atoms with van der Waals surface area (Å²) in [7, 11) is 1.33. The third-order valence-electron chi connectivity index (χ3n) is 11.1. The van der Waals surface area contributed by atoms with Gasteiger partial charge in [0.05, 0.1) is 13.2 Å². The van der Waals surface area contributed by atoms with E-state index in [0.29, 0.717) is 28.3 Å². The van der Waals surface area contributed by atoms with Gasteiger partial charge in [-0.25, -0.2) is 0 Å². The number of hydrogen-bond acceptors (Lipinski definition) is 6. The second-order valence-corrected chi connectivity index (χ2v) is 14.1. The number of nitrogens with one attached hydrogen (secondary N) is 1. The molecule has 0 amide bonds. The van der Waals surface area contributed by atoms with Crippen LogP contribution in [0.25, 0.3) is 35.6 Å². The van der Waals surface area contributed by atoms with Gasteiger partial charge >= 0.3 is 35.0 Å². The molecule has 6 rings (SSSR count). The first kappa shape index (κ1) is 39.1. The molecule has 0 aromatic carbocycles. The number of rotatable bonds is 10. The second kappa shape index (κ2) is 15.8. The van der Waals surface area contributed by atoms with Crippen molar-refractivity contribution < 1.29 is 24.2 Å². The molecular weight excluding hydrogens is 665 g/mol. The molecule has 10 heteroatoms. The van der Waals surface area contributed by atoms with Crippen LogP contribution in [0.4, 0.5) is 0 Å². The van der Waals surface area contributed by atoms with Crippen LogP contribution < -0.4 is 41.5 Å². The summed E-state index contributed by atoms with van der Waals surface area (Å²) in [6, 6.07) is -0.439. The predicted molar refractivity (Wildman–Crippen MR) is 206 cm³/mol. The molecule has 1 aliphatic carbocycles. The summed E-state index contributed by atoms with van der Waals surface area (Å²) in [5.74, 6) is -2.14. The van der Waals surface area contributed by atoms with Crippen LogP contribution in [0.1, 0.15) is 98.3 Å². The zero-order valence-corrected chi connectivity index (χ0v) is 33.2. The first-order chi connectivity index (χ1) is 24.4. The fourth-order valence-electron chi connectivity index (χ4n) is 8.16. The van der Waals surface area contributed by atoms with Gasteiger partial charge in [-0.05, 0) is 70.1 Å². The number of esters is 2. The van der Waals surface area contributed by atoms with Gasteiger partial charge in [0.2, 0.25) is 0 Å². The number of aliphatic hydroxyl groups is 1. The molecule has 9 nitrogen and oxygen atoms in total. The van der Waals surface area contributed by atoms with Crippen LogP contribution in [0.15, 0.2) is 23.9 Å². The van der Waals surface area contributed by atoms with Crippen molar-refractivity contribution in [2.75, 3.05) is 13.7 Å². The van der Waals surface area contributed by atoms with Gasteiger partial charge in [0.1, 0.15) is 18.3 Å². The molecule has 1 unspecified atom stereocenters. The Morgan fingerprint density at radius 3 is 2.37 bits per heavy atom. The summed E-state index contributed by atoms with van der Waals surface area (Å²) in [4.78, 5) is 41.8. The van der Waals surface area contributed by atoms with Crippen molar-refractivity contribution in [2.45, 2.75) is 86.6 Å². The first-order valence-electron chi connectivity index (χ1n) is 18.1. The number of fused-ring (bicyclic) bond motifs is 8. The third-order valence-corrected chi connectivity index (χ3v) is 11.1. The van der Waals surface area contributed by atoms with E-state index in [1.807, 2.05) is 45.1 Å². The van der Waals surface area contributed by atoms with Gasteiger partial charge in [0.25, 0.3) is 0 Å². The Morgan fingerprint density at radius 1 is 0.981 bits per heavy atom. The summed E-state index contributed by atoms with van der Waals surface area (Å²) in [6.45, 7) is 18.8. The molecule has 2 aliphatic heterocycles. The number of carbonyl (C=O) groups excluding carboxylic acids is 2. The fraction of sp³-hybridized carbons (Fsp3) is 0.429. The Kier molecular flexibility index (Phi) is 11.9. The summed E-state index contributed by atoms with van der Waals surface area (Å²) in [5, 5.41) is 18.3. The molecule has 5 heterocycles. The van der Waals surface area contributed by atoms with E-state index >= 15 is 0 Å².